The molecule has 1 aliphatic rings. The van der Waals surface area contributed by atoms with E-state index in [9.17, 15) is 9.59 Å². The van der Waals surface area contributed by atoms with E-state index in [2.05, 4.69) is 5.32 Å². The van der Waals surface area contributed by atoms with Crippen LogP contribution in [-0.2, 0) is 4.79 Å². The van der Waals surface area contributed by atoms with Gasteiger partial charge in [-0.1, -0.05) is 0 Å². The van der Waals surface area contributed by atoms with E-state index in [0.717, 1.165) is 4.90 Å². The first-order valence-corrected chi connectivity index (χ1v) is 6.70. The number of hydrogen-bond donors (Lipinski definition) is 1. The van der Waals surface area contributed by atoms with Gasteiger partial charge in [0.1, 0.15) is 22.9 Å². The molecule has 0 saturated carbocycles. The normalized spacial score (nSPS) is 16.0. The van der Waals surface area contributed by atoms with Crippen LogP contribution >= 0.6 is 0 Å². The molecule has 22 heavy (non-hydrogen) atoms. The topological polar surface area (TPSA) is 77.1 Å². The molecule has 1 aromatic rings. The van der Waals surface area contributed by atoms with Gasteiger partial charge in [-0.15, -0.1) is 0 Å². The standard InChI is InChI=1S/C15H18N2O5/c1-5-17-14(18)11(16-15(17)19)8-10-12(21-3)6-9(20-2)7-13(10)22-4/h6-8H,5H2,1-4H3,(H,16,19)/b11-8-. The molecule has 0 atom stereocenters. The molecule has 0 aromatic heterocycles. The number of carbonyl (C=O) groups excluding carboxylic acids is 2. The van der Waals surface area contributed by atoms with Crippen molar-refractivity contribution in [1.29, 1.82) is 0 Å². The minimum atomic E-state index is -0.440. The van der Waals surface area contributed by atoms with Crippen LogP contribution in [0.15, 0.2) is 17.8 Å². The van der Waals surface area contributed by atoms with Crippen molar-refractivity contribution in [1.82, 2.24) is 10.2 Å². The summed E-state index contributed by atoms with van der Waals surface area (Å²) in [5.41, 5.74) is 0.723. The summed E-state index contributed by atoms with van der Waals surface area (Å²) in [4.78, 5) is 25.0. The van der Waals surface area contributed by atoms with E-state index < -0.39 is 6.03 Å². The molecule has 3 amide bonds. The molecule has 1 heterocycles. The van der Waals surface area contributed by atoms with Crippen LogP contribution in [0.2, 0.25) is 0 Å². The Hall–Kier alpha value is -2.70. The maximum Gasteiger partial charge on any atom is 0.328 e. The third-order valence-corrected chi connectivity index (χ3v) is 3.32. The number of methoxy groups -OCH3 is 3. The van der Waals surface area contributed by atoms with Crippen LogP contribution in [0, 0.1) is 0 Å². The lowest BCUT2D eigenvalue weighted by atomic mass is 10.1. The molecule has 7 nitrogen and oxygen atoms in total. The minimum Gasteiger partial charge on any atom is -0.496 e. The van der Waals surface area contributed by atoms with Crippen molar-refractivity contribution in [2.45, 2.75) is 6.92 Å². The van der Waals surface area contributed by atoms with Crippen molar-refractivity contribution in [2.75, 3.05) is 27.9 Å². The Bertz CT molecular complexity index is 614. The van der Waals surface area contributed by atoms with Crippen LogP contribution in [0.25, 0.3) is 6.08 Å². The van der Waals surface area contributed by atoms with Crippen molar-refractivity contribution in [2.24, 2.45) is 0 Å². The van der Waals surface area contributed by atoms with Gasteiger partial charge in [-0.2, -0.15) is 0 Å². The van der Waals surface area contributed by atoms with E-state index in [0.29, 0.717) is 29.4 Å². The first-order chi connectivity index (χ1) is 10.5. The summed E-state index contributed by atoms with van der Waals surface area (Å²) in [7, 11) is 4.54. The zero-order valence-corrected chi connectivity index (χ0v) is 12.9. The SMILES string of the molecule is CCN1C(=O)N/C(=C\c2c(OC)cc(OC)cc2OC)C1=O. The lowest BCUT2D eigenvalue weighted by Crippen LogP contribution is -2.30. The van der Waals surface area contributed by atoms with Crippen LogP contribution < -0.4 is 19.5 Å². The Morgan fingerprint density at radius 3 is 2.09 bits per heavy atom. The number of imide groups is 1. The van der Waals surface area contributed by atoms with Crippen LogP contribution in [0.3, 0.4) is 0 Å². The molecular formula is C15H18N2O5. The Kier molecular flexibility index (Phi) is 4.55. The fourth-order valence-electron chi connectivity index (χ4n) is 2.18. The number of rotatable bonds is 5. The van der Waals surface area contributed by atoms with Crippen LogP contribution in [0.5, 0.6) is 17.2 Å². The number of urea groups is 1. The van der Waals surface area contributed by atoms with E-state index in [4.69, 9.17) is 14.2 Å². The maximum atomic E-state index is 12.1. The Morgan fingerprint density at radius 2 is 1.68 bits per heavy atom. The molecule has 0 unspecified atom stereocenters. The molecule has 1 saturated heterocycles. The molecule has 118 valence electrons. The van der Waals surface area contributed by atoms with Gasteiger partial charge in [-0.25, -0.2) is 4.79 Å². The monoisotopic (exact) mass is 306 g/mol. The highest BCUT2D eigenvalue weighted by molar-refractivity contribution is 6.14. The number of likely N-dealkylation sites (N-methyl/N-ethyl adjacent to an activating group) is 1. The van der Waals surface area contributed by atoms with Gasteiger partial charge in [-0.3, -0.25) is 9.69 Å². The highest BCUT2D eigenvalue weighted by Crippen LogP contribution is 2.36. The van der Waals surface area contributed by atoms with Crippen LogP contribution in [0.1, 0.15) is 12.5 Å². The predicted molar refractivity (Wildman–Crippen MR) is 80.0 cm³/mol. The number of amides is 3. The van der Waals surface area contributed by atoms with Gasteiger partial charge >= 0.3 is 6.03 Å². The van der Waals surface area contributed by atoms with E-state index in [1.54, 1.807) is 19.1 Å². The average molecular weight is 306 g/mol. The first-order valence-electron chi connectivity index (χ1n) is 6.70. The minimum absolute atomic E-state index is 0.175. The average Bonchev–Trinajstić information content (AvgIpc) is 2.80. The Morgan fingerprint density at radius 1 is 1.09 bits per heavy atom. The largest absolute Gasteiger partial charge is 0.496 e. The van der Waals surface area contributed by atoms with Crippen molar-refractivity contribution in [3.8, 4) is 17.2 Å². The lowest BCUT2D eigenvalue weighted by Gasteiger charge is -2.13. The third-order valence-electron chi connectivity index (χ3n) is 3.32. The summed E-state index contributed by atoms with van der Waals surface area (Å²) >= 11 is 0. The fourth-order valence-corrected chi connectivity index (χ4v) is 2.18. The smallest absolute Gasteiger partial charge is 0.328 e. The molecule has 1 aliphatic heterocycles. The summed E-state index contributed by atoms with van der Waals surface area (Å²) in [5.74, 6) is 1.13. The predicted octanol–water partition coefficient (Wildman–Crippen LogP) is 1.62. The number of hydrogen-bond acceptors (Lipinski definition) is 5. The maximum absolute atomic E-state index is 12.1. The van der Waals surface area contributed by atoms with Crippen LogP contribution in [-0.4, -0.2) is 44.7 Å². The van der Waals surface area contributed by atoms with Crippen molar-refractivity contribution >= 4 is 18.0 Å². The van der Waals surface area contributed by atoms with Gasteiger partial charge < -0.3 is 19.5 Å². The van der Waals surface area contributed by atoms with E-state index in [1.807, 2.05) is 0 Å². The van der Waals surface area contributed by atoms with Crippen molar-refractivity contribution in [3.05, 3.63) is 23.4 Å². The third kappa shape index (κ3) is 2.69. The molecular weight excluding hydrogens is 288 g/mol. The summed E-state index contributed by atoms with van der Waals surface area (Å²) in [6, 6.07) is 2.91. The van der Waals surface area contributed by atoms with Gasteiger partial charge in [0.25, 0.3) is 5.91 Å². The summed E-state index contributed by atoms with van der Waals surface area (Å²) in [6.07, 6.45) is 1.53. The molecule has 0 spiro atoms. The zero-order chi connectivity index (χ0) is 16.3. The zero-order valence-electron chi connectivity index (χ0n) is 12.9. The molecule has 1 N–H and O–H groups in total. The fraction of sp³-hybridized carbons (Fsp3) is 0.333. The van der Waals surface area contributed by atoms with E-state index in [1.165, 1.54) is 27.4 Å². The summed E-state index contributed by atoms with van der Waals surface area (Å²) < 4.78 is 15.8. The Labute approximate surface area is 128 Å². The number of nitrogens with one attached hydrogen (secondary N) is 1. The second kappa shape index (κ2) is 6.38. The molecule has 1 fully saturated rings. The van der Waals surface area contributed by atoms with Crippen molar-refractivity contribution in [3.63, 3.8) is 0 Å². The quantitative estimate of drug-likeness (QED) is 0.661. The summed E-state index contributed by atoms with van der Waals surface area (Å²) in [5, 5.41) is 2.54. The molecule has 0 bridgehead atoms. The second-order valence-electron chi connectivity index (χ2n) is 4.48. The van der Waals surface area contributed by atoms with Gasteiger partial charge in [0.05, 0.1) is 26.9 Å². The lowest BCUT2D eigenvalue weighted by molar-refractivity contribution is -0.122. The van der Waals surface area contributed by atoms with Gasteiger partial charge in [0, 0.05) is 18.7 Å². The van der Waals surface area contributed by atoms with E-state index in [-0.39, 0.29) is 11.6 Å². The second-order valence-corrected chi connectivity index (χ2v) is 4.48. The van der Waals surface area contributed by atoms with Crippen LogP contribution in [0.4, 0.5) is 4.79 Å². The highest BCUT2D eigenvalue weighted by atomic mass is 16.5. The van der Waals surface area contributed by atoms with Gasteiger partial charge in [0.15, 0.2) is 0 Å². The number of nitrogens with zero attached hydrogens (tertiary/aromatic N) is 1. The van der Waals surface area contributed by atoms with Gasteiger partial charge in [-0.05, 0) is 13.0 Å². The number of carbonyl (C=O) groups is 2. The number of benzene rings is 1. The highest BCUT2D eigenvalue weighted by Gasteiger charge is 2.32. The first kappa shape index (κ1) is 15.7. The van der Waals surface area contributed by atoms with E-state index >= 15 is 0 Å². The number of ether oxygens (including phenoxy) is 3. The molecule has 1 aromatic carbocycles. The molecule has 2 rings (SSSR count). The summed E-state index contributed by atoms with van der Waals surface area (Å²) in [6.45, 7) is 2.04. The molecule has 0 radical (unpaired) electrons. The van der Waals surface area contributed by atoms with Gasteiger partial charge in [0.2, 0.25) is 0 Å². The van der Waals surface area contributed by atoms with Crippen molar-refractivity contribution < 1.29 is 23.8 Å². The molecule has 0 aliphatic carbocycles. The molecule has 7 heteroatoms. The Balaban J connectivity index is 2.51.